The van der Waals surface area contributed by atoms with Crippen molar-refractivity contribution in [3.05, 3.63) is 11.1 Å². The molecule has 0 unspecified atom stereocenters. The summed E-state index contributed by atoms with van der Waals surface area (Å²) in [6.45, 7) is 2.19. The zero-order valence-electron chi connectivity index (χ0n) is 9.77. The molecule has 0 spiro atoms. The molecule has 6 nitrogen and oxygen atoms in total. The molecular weight excluding hydrogens is 242 g/mol. The van der Waals surface area contributed by atoms with E-state index in [2.05, 4.69) is 10.3 Å². The van der Waals surface area contributed by atoms with Crippen molar-refractivity contribution in [1.82, 2.24) is 9.88 Å². The third kappa shape index (κ3) is 4.39. The van der Waals surface area contributed by atoms with Crippen LogP contribution < -0.4 is 5.32 Å². The number of anilines is 1. The Balaban J connectivity index is 2.45. The predicted molar refractivity (Wildman–Crippen MR) is 65.4 cm³/mol. The van der Waals surface area contributed by atoms with Crippen LogP contribution in [-0.4, -0.2) is 40.6 Å². The van der Waals surface area contributed by atoms with Crippen molar-refractivity contribution in [1.29, 1.82) is 0 Å². The maximum atomic E-state index is 11.6. The molecule has 0 aliphatic heterocycles. The highest BCUT2D eigenvalue weighted by Gasteiger charge is 2.11. The number of urea groups is 1. The van der Waals surface area contributed by atoms with E-state index in [1.54, 1.807) is 13.2 Å². The van der Waals surface area contributed by atoms with Gasteiger partial charge in [-0.05, 0) is 6.42 Å². The van der Waals surface area contributed by atoms with Crippen molar-refractivity contribution >= 4 is 28.5 Å². The third-order valence-corrected chi connectivity index (χ3v) is 3.18. The number of carboxylic acids is 1. The molecule has 0 fully saturated rings. The number of nitrogens with one attached hydrogen (secondary N) is 1. The molecule has 1 heterocycles. The number of aryl methyl sites for hydroxylation is 1. The van der Waals surface area contributed by atoms with Crippen LogP contribution in [0.2, 0.25) is 0 Å². The van der Waals surface area contributed by atoms with Gasteiger partial charge < -0.3 is 10.0 Å². The number of thiazole rings is 1. The van der Waals surface area contributed by atoms with Gasteiger partial charge in [-0.3, -0.25) is 10.1 Å². The number of hydrogen-bond acceptors (Lipinski definition) is 4. The highest BCUT2D eigenvalue weighted by Crippen LogP contribution is 2.18. The van der Waals surface area contributed by atoms with Crippen molar-refractivity contribution in [2.45, 2.75) is 19.8 Å². The highest BCUT2D eigenvalue weighted by molar-refractivity contribution is 7.15. The van der Waals surface area contributed by atoms with Gasteiger partial charge in [-0.1, -0.05) is 6.92 Å². The van der Waals surface area contributed by atoms with Gasteiger partial charge in [0.2, 0.25) is 0 Å². The number of rotatable bonds is 5. The van der Waals surface area contributed by atoms with E-state index in [1.807, 2.05) is 6.92 Å². The molecule has 0 saturated carbocycles. The van der Waals surface area contributed by atoms with Crippen LogP contribution in [0.25, 0.3) is 0 Å². The Labute approximate surface area is 103 Å². The molecule has 17 heavy (non-hydrogen) atoms. The molecule has 7 heteroatoms. The first kappa shape index (κ1) is 13.4. The maximum Gasteiger partial charge on any atom is 0.323 e. The molecule has 2 N–H and O–H groups in total. The van der Waals surface area contributed by atoms with Crippen molar-refractivity contribution in [2.24, 2.45) is 0 Å². The molecule has 0 radical (unpaired) electrons. The minimum Gasteiger partial charge on any atom is -0.481 e. The number of carbonyl (C=O) groups excluding carboxylic acids is 1. The van der Waals surface area contributed by atoms with Gasteiger partial charge in [0, 0.05) is 24.7 Å². The van der Waals surface area contributed by atoms with E-state index < -0.39 is 5.97 Å². The van der Waals surface area contributed by atoms with Crippen molar-refractivity contribution in [3.8, 4) is 0 Å². The molecule has 0 saturated heterocycles. The second kappa shape index (κ2) is 6.19. The predicted octanol–water partition coefficient (Wildman–Crippen LogP) is 1.64. The first-order valence-corrected chi connectivity index (χ1v) is 6.03. The van der Waals surface area contributed by atoms with Gasteiger partial charge in [0.25, 0.3) is 0 Å². The van der Waals surface area contributed by atoms with Crippen molar-refractivity contribution in [3.63, 3.8) is 0 Å². The molecule has 1 aromatic rings. The van der Waals surface area contributed by atoms with Gasteiger partial charge in [-0.25, -0.2) is 9.78 Å². The maximum absolute atomic E-state index is 11.6. The Bertz CT molecular complexity index is 405. The molecule has 0 aliphatic rings. The summed E-state index contributed by atoms with van der Waals surface area (Å²) in [5.41, 5.74) is 0. The largest absolute Gasteiger partial charge is 0.481 e. The standard InChI is InChI=1S/C10H15N3O3S/c1-3-7-6-11-9(17-7)12-10(16)13(2)5-4-8(14)15/h6H,3-5H2,1-2H3,(H,14,15)(H,11,12,16). The van der Waals surface area contributed by atoms with E-state index >= 15 is 0 Å². The Morgan fingerprint density at radius 3 is 2.82 bits per heavy atom. The van der Waals surface area contributed by atoms with E-state index in [9.17, 15) is 9.59 Å². The second-order valence-corrected chi connectivity index (χ2v) is 4.60. The average molecular weight is 257 g/mol. The fraction of sp³-hybridized carbons (Fsp3) is 0.500. The molecule has 1 aromatic heterocycles. The van der Waals surface area contributed by atoms with Gasteiger partial charge in [0.15, 0.2) is 5.13 Å². The van der Waals surface area contributed by atoms with Gasteiger partial charge in [0.05, 0.1) is 6.42 Å². The zero-order chi connectivity index (χ0) is 12.8. The summed E-state index contributed by atoms with van der Waals surface area (Å²) >= 11 is 1.42. The summed E-state index contributed by atoms with van der Waals surface area (Å²) in [5, 5.41) is 11.7. The van der Waals surface area contributed by atoms with Crippen LogP contribution >= 0.6 is 11.3 Å². The van der Waals surface area contributed by atoms with Crippen LogP contribution in [-0.2, 0) is 11.2 Å². The summed E-state index contributed by atoms with van der Waals surface area (Å²) in [7, 11) is 1.55. The first-order chi connectivity index (χ1) is 8.02. The normalized spacial score (nSPS) is 10.0. The number of carbonyl (C=O) groups is 2. The molecule has 94 valence electrons. The van der Waals surface area contributed by atoms with Crippen LogP contribution in [0.5, 0.6) is 0 Å². The van der Waals surface area contributed by atoms with E-state index in [0.717, 1.165) is 11.3 Å². The Hall–Kier alpha value is -1.63. The Morgan fingerprint density at radius 2 is 2.29 bits per heavy atom. The van der Waals surface area contributed by atoms with Crippen LogP contribution in [0.4, 0.5) is 9.93 Å². The van der Waals surface area contributed by atoms with Crippen LogP contribution in [0.1, 0.15) is 18.2 Å². The van der Waals surface area contributed by atoms with Crippen LogP contribution in [0, 0.1) is 0 Å². The summed E-state index contributed by atoms with van der Waals surface area (Å²) in [5.74, 6) is -0.924. The van der Waals surface area contributed by atoms with E-state index in [1.165, 1.54) is 16.2 Å². The Morgan fingerprint density at radius 1 is 1.59 bits per heavy atom. The van der Waals surface area contributed by atoms with E-state index in [0.29, 0.717) is 5.13 Å². The Kier molecular flexibility index (Phi) is 4.89. The first-order valence-electron chi connectivity index (χ1n) is 5.21. The molecule has 0 aromatic carbocycles. The zero-order valence-corrected chi connectivity index (χ0v) is 10.6. The van der Waals surface area contributed by atoms with Gasteiger partial charge in [-0.15, -0.1) is 11.3 Å². The van der Waals surface area contributed by atoms with Crippen molar-refractivity contribution < 1.29 is 14.7 Å². The average Bonchev–Trinajstić information content (AvgIpc) is 2.73. The monoisotopic (exact) mass is 257 g/mol. The molecule has 0 atom stereocenters. The molecule has 1 rings (SSSR count). The minimum atomic E-state index is -0.924. The lowest BCUT2D eigenvalue weighted by Crippen LogP contribution is -2.33. The molecule has 0 aliphatic carbocycles. The number of aromatic nitrogens is 1. The highest BCUT2D eigenvalue weighted by atomic mass is 32.1. The second-order valence-electron chi connectivity index (χ2n) is 3.48. The summed E-state index contributed by atoms with van der Waals surface area (Å²) in [6, 6.07) is -0.344. The van der Waals surface area contributed by atoms with Crippen molar-refractivity contribution in [2.75, 3.05) is 18.9 Å². The summed E-state index contributed by atoms with van der Waals surface area (Å²) in [6.07, 6.45) is 2.53. The van der Waals surface area contributed by atoms with Crippen LogP contribution in [0.15, 0.2) is 6.20 Å². The van der Waals surface area contributed by atoms with E-state index in [-0.39, 0.29) is 19.0 Å². The lowest BCUT2D eigenvalue weighted by atomic mass is 10.4. The quantitative estimate of drug-likeness (QED) is 0.840. The molecular formula is C10H15N3O3S. The minimum absolute atomic E-state index is 0.0675. The summed E-state index contributed by atoms with van der Waals surface area (Å²) < 4.78 is 0. The fourth-order valence-electron chi connectivity index (χ4n) is 1.08. The van der Waals surface area contributed by atoms with Gasteiger partial charge >= 0.3 is 12.0 Å². The van der Waals surface area contributed by atoms with E-state index in [4.69, 9.17) is 5.11 Å². The lowest BCUT2D eigenvalue weighted by molar-refractivity contribution is -0.137. The number of amides is 2. The molecule has 0 bridgehead atoms. The number of hydrogen-bond donors (Lipinski definition) is 2. The number of aliphatic carboxylic acids is 1. The van der Waals surface area contributed by atoms with Crippen LogP contribution in [0.3, 0.4) is 0 Å². The fourth-order valence-corrected chi connectivity index (χ4v) is 1.82. The number of carboxylic acid groups (broad SMARTS) is 1. The van der Waals surface area contributed by atoms with Gasteiger partial charge in [0.1, 0.15) is 0 Å². The third-order valence-electron chi connectivity index (χ3n) is 2.12. The van der Waals surface area contributed by atoms with Gasteiger partial charge in [-0.2, -0.15) is 0 Å². The number of nitrogens with zero attached hydrogens (tertiary/aromatic N) is 2. The SMILES string of the molecule is CCc1cnc(NC(=O)N(C)CCC(=O)O)s1. The summed E-state index contributed by atoms with van der Waals surface area (Å²) in [4.78, 5) is 28.4. The lowest BCUT2D eigenvalue weighted by Gasteiger charge is -2.15. The topological polar surface area (TPSA) is 82.5 Å². The smallest absolute Gasteiger partial charge is 0.323 e. The molecule has 2 amide bonds.